The van der Waals surface area contributed by atoms with E-state index in [1.165, 1.54) is 0 Å². The summed E-state index contributed by atoms with van der Waals surface area (Å²) in [5.41, 5.74) is 2.18. The lowest BCUT2D eigenvalue weighted by Gasteiger charge is -2.47. The molecule has 10 heteroatoms. The van der Waals surface area contributed by atoms with E-state index >= 15 is 0 Å². The molecule has 3 aromatic rings. The van der Waals surface area contributed by atoms with Gasteiger partial charge in [-0.15, -0.1) is 0 Å². The molecule has 32 heavy (non-hydrogen) atoms. The van der Waals surface area contributed by atoms with Crippen molar-refractivity contribution in [2.45, 2.75) is 18.4 Å². The molecule has 0 radical (unpaired) electrons. The molecule has 168 valence electrons. The maximum Gasteiger partial charge on any atom is 0.290 e. The number of hydrogen-bond donors (Lipinski definition) is 1. The standard InChI is InChI=1S/C21H25N7O.CH2O2/c1-25(2)14-19-16-11-15(18-9-6-10-20(29)27(18)19)12-26(13-16)21-22-23-24-28(21)17-7-4-3-5-8-17;2-1-3/h3-10,15-16,19H,11-14H2,1-2H3;1H,(H,2,3)/t15-,16+,19+;/m1./s1. The molecule has 2 aliphatic heterocycles. The van der Waals surface area contributed by atoms with E-state index in [-0.39, 0.29) is 18.1 Å². The molecule has 0 unspecified atom stereocenters. The van der Waals surface area contributed by atoms with Crippen LogP contribution in [0.2, 0.25) is 0 Å². The Morgan fingerprint density at radius 2 is 1.88 bits per heavy atom. The molecule has 2 bridgehead atoms. The Labute approximate surface area is 185 Å². The zero-order valence-corrected chi connectivity index (χ0v) is 18.2. The topological polar surface area (TPSA) is 109 Å². The van der Waals surface area contributed by atoms with Crippen LogP contribution in [-0.4, -0.2) is 75.0 Å². The second-order valence-corrected chi connectivity index (χ2v) is 8.42. The predicted octanol–water partition coefficient (Wildman–Crippen LogP) is 1.25. The van der Waals surface area contributed by atoms with Gasteiger partial charge in [-0.05, 0) is 55.1 Å². The Bertz CT molecular complexity index is 1110. The number of tetrazole rings is 1. The number of pyridine rings is 1. The summed E-state index contributed by atoms with van der Waals surface area (Å²) in [7, 11) is 4.13. The van der Waals surface area contributed by atoms with Crippen LogP contribution in [0.15, 0.2) is 53.3 Å². The highest BCUT2D eigenvalue weighted by Gasteiger charge is 2.41. The smallest absolute Gasteiger partial charge is 0.290 e. The average Bonchev–Trinajstić information content (AvgIpc) is 3.28. The van der Waals surface area contributed by atoms with Crippen LogP contribution in [0.3, 0.4) is 0 Å². The van der Waals surface area contributed by atoms with Gasteiger partial charge < -0.3 is 19.5 Å². The lowest BCUT2D eigenvalue weighted by Crippen LogP contribution is -2.52. The van der Waals surface area contributed by atoms with E-state index in [0.717, 1.165) is 43.4 Å². The van der Waals surface area contributed by atoms with E-state index in [2.05, 4.69) is 45.5 Å². The predicted molar refractivity (Wildman–Crippen MR) is 119 cm³/mol. The third-order valence-electron chi connectivity index (χ3n) is 6.09. The zero-order valence-electron chi connectivity index (χ0n) is 18.2. The fourth-order valence-electron chi connectivity index (χ4n) is 4.93. The number of anilines is 1. The SMILES string of the molecule is CN(C)C[C@H]1[C@H]2C[C@H](CN(c3nnnn3-c3ccccc3)C2)c2cccc(=O)n21.O=CO. The molecule has 2 aliphatic rings. The van der Waals surface area contributed by atoms with Crippen LogP contribution in [0, 0.1) is 5.92 Å². The number of likely N-dealkylation sites (N-methyl/N-ethyl adjacent to an activating group) is 1. The van der Waals surface area contributed by atoms with Gasteiger partial charge in [-0.3, -0.25) is 9.59 Å². The van der Waals surface area contributed by atoms with Crippen LogP contribution >= 0.6 is 0 Å². The van der Waals surface area contributed by atoms with E-state index in [0.29, 0.717) is 11.8 Å². The number of carbonyl (C=O) groups is 1. The van der Waals surface area contributed by atoms with Gasteiger partial charge in [0.2, 0.25) is 5.95 Å². The first kappa shape index (κ1) is 21.7. The molecule has 10 nitrogen and oxygen atoms in total. The summed E-state index contributed by atoms with van der Waals surface area (Å²) in [6.45, 7) is 2.23. The minimum atomic E-state index is -0.250. The largest absolute Gasteiger partial charge is 0.483 e. The number of piperidine rings is 1. The number of fused-ring (bicyclic) bond motifs is 4. The van der Waals surface area contributed by atoms with Crippen LogP contribution in [0.5, 0.6) is 0 Å². The fraction of sp³-hybridized carbons (Fsp3) is 0.409. The third kappa shape index (κ3) is 4.13. The van der Waals surface area contributed by atoms with Crippen molar-refractivity contribution in [3.8, 4) is 5.69 Å². The first-order chi connectivity index (χ1) is 15.5. The van der Waals surface area contributed by atoms with Crippen molar-refractivity contribution in [3.05, 3.63) is 64.6 Å². The zero-order chi connectivity index (χ0) is 22.7. The van der Waals surface area contributed by atoms with E-state index < -0.39 is 0 Å². The molecule has 1 aromatic carbocycles. The maximum absolute atomic E-state index is 12.7. The van der Waals surface area contributed by atoms with Gasteiger partial charge in [-0.1, -0.05) is 29.4 Å². The fourth-order valence-corrected chi connectivity index (χ4v) is 4.93. The van der Waals surface area contributed by atoms with Gasteiger partial charge in [0.05, 0.1) is 11.7 Å². The van der Waals surface area contributed by atoms with Crippen molar-refractivity contribution in [2.75, 3.05) is 38.6 Å². The van der Waals surface area contributed by atoms with Crippen molar-refractivity contribution in [2.24, 2.45) is 5.92 Å². The van der Waals surface area contributed by atoms with E-state index in [1.807, 2.05) is 41.0 Å². The van der Waals surface area contributed by atoms with Crippen LogP contribution in [0.4, 0.5) is 5.95 Å². The number of aromatic nitrogens is 5. The lowest BCUT2D eigenvalue weighted by atomic mass is 9.78. The van der Waals surface area contributed by atoms with Gasteiger partial charge in [-0.25, -0.2) is 0 Å². The number of benzene rings is 1. The molecule has 0 saturated carbocycles. The summed E-state index contributed by atoms with van der Waals surface area (Å²) in [5.74, 6) is 1.42. The van der Waals surface area contributed by atoms with Gasteiger partial charge in [0.15, 0.2) is 0 Å². The molecule has 4 heterocycles. The Morgan fingerprint density at radius 3 is 2.59 bits per heavy atom. The Hall–Kier alpha value is -3.53. The van der Waals surface area contributed by atoms with Crippen molar-refractivity contribution >= 4 is 12.4 Å². The van der Waals surface area contributed by atoms with E-state index in [9.17, 15) is 4.79 Å². The minimum Gasteiger partial charge on any atom is -0.483 e. The highest BCUT2D eigenvalue weighted by molar-refractivity contribution is 5.42. The first-order valence-electron chi connectivity index (χ1n) is 10.6. The van der Waals surface area contributed by atoms with E-state index in [4.69, 9.17) is 9.90 Å². The molecule has 0 aliphatic carbocycles. The molecular weight excluding hydrogens is 410 g/mol. The van der Waals surface area contributed by atoms with E-state index in [1.54, 1.807) is 10.7 Å². The van der Waals surface area contributed by atoms with Crippen LogP contribution < -0.4 is 10.5 Å². The summed E-state index contributed by atoms with van der Waals surface area (Å²) in [6.07, 6.45) is 1.09. The third-order valence-corrected chi connectivity index (χ3v) is 6.09. The second kappa shape index (κ2) is 9.31. The van der Waals surface area contributed by atoms with Gasteiger partial charge >= 0.3 is 0 Å². The Balaban J connectivity index is 0.000000775. The monoisotopic (exact) mass is 437 g/mol. The molecule has 1 fully saturated rings. The Kier molecular flexibility index (Phi) is 6.31. The van der Waals surface area contributed by atoms with Gasteiger partial charge in [-0.2, -0.15) is 4.68 Å². The molecule has 1 N–H and O–H groups in total. The van der Waals surface area contributed by atoms with Gasteiger partial charge in [0.1, 0.15) is 0 Å². The molecule has 1 saturated heterocycles. The van der Waals surface area contributed by atoms with Crippen molar-refractivity contribution in [1.82, 2.24) is 29.7 Å². The summed E-state index contributed by atoms with van der Waals surface area (Å²) in [5, 5.41) is 19.4. The molecule has 0 amide bonds. The lowest BCUT2D eigenvalue weighted by molar-refractivity contribution is -0.122. The normalized spacial score (nSPS) is 21.5. The molecule has 2 aromatic heterocycles. The number of carboxylic acid groups (broad SMARTS) is 1. The quantitative estimate of drug-likeness (QED) is 0.608. The van der Waals surface area contributed by atoms with Crippen molar-refractivity contribution in [1.29, 1.82) is 0 Å². The number of para-hydroxylation sites is 1. The number of nitrogens with zero attached hydrogens (tertiary/aromatic N) is 7. The molecule has 3 atom stereocenters. The van der Waals surface area contributed by atoms with Crippen LogP contribution in [0.25, 0.3) is 5.69 Å². The highest BCUT2D eigenvalue weighted by Crippen LogP contribution is 2.42. The number of hydrogen-bond acceptors (Lipinski definition) is 7. The van der Waals surface area contributed by atoms with Crippen molar-refractivity contribution < 1.29 is 9.90 Å². The van der Waals surface area contributed by atoms with Crippen molar-refractivity contribution in [3.63, 3.8) is 0 Å². The van der Waals surface area contributed by atoms with Crippen LogP contribution in [0.1, 0.15) is 24.1 Å². The first-order valence-corrected chi connectivity index (χ1v) is 10.6. The average molecular weight is 438 g/mol. The van der Waals surface area contributed by atoms with Gasteiger partial charge in [0.25, 0.3) is 12.0 Å². The summed E-state index contributed by atoms with van der Waals surface area (Å²) >= 11 is 0. The summed E-state index contributed by atoms with van der Waals surface area (Å²) < 4.78 is 3.84. The summed E-state index contributed by atoms with van der Waals surface area (Å²) in [6, 6.07) is 15.8. The molecule has 0 spiro atoms. The highest BCUT2D eigenvalue weighted by atomic mass is 16.3. The van der Waals surface area contributed by atoms with Crippen LogP contribution in [-0.2, 0) is 4.79 Å². The Morgan fingerprint density at radius 1 is 1.12 bits per heavy atom. The van der Waals surface area contributed by atoms with Gasteiger partial charge in [0, 0.05) is 37.3 Å². The minimum absolute atomic E-state index is 0.103. The summed E-state index contributed by atoms with van der Waals surface area (Å²) in [4.78, 5) is 25.5. The second-order valence-electron chi connectivity index (χ2n) is 8.42. The number of rotatable bonds is 4. The molecule has 5 rings (SSSR count). The maximum atomic E-state index is 12.7. The molecular formula is C22H27N7O3.